The number of fused-ring (bicyclic) bond motifs is 1. The van der Waals surface area contributed by atoms with E-state index < -0.39 is 0 Å². The van der Waals surface area contributed by atoms with Crippen LogP contribution < -0.4 is 10.6 Å². The van der Waals surface area contributed by atoms with E-state index in [1.807, 2.05) is 24.3 Å². The van der Waals surface area contributed by atoms with Crippen molar-refractivity contribution in [3.05, 3.63) is 78.4 Å². The van der Waals surface area contributed by atoms with E-state index in [0.717, 1.165) is 0 Å². The van der Waals surface area contributed by atoms with Crippen LogP contribution in [0, 0.1) is 0 Å². The summed E-state index contributed by atoms with van der Waals surface area (Å²) in [5.41, 5.74) is 2.64. The van der Waals surface area contributed by atoms with E-state index >= 15 is 0 Å². The molecule has 6 heteroatoms. The number of nitrogens with one attached hydrogen (secondary N) is 2. The standard InChI is InChI=1S/C21H22N4O2/c1-4-12-22-21(27)19-24-18(17-7-5-6-13-25(17)19)20(26)23-16-10-8-15(9-11-16)14(2)3/h4-11,13-14H,1,12H2,2-3H3,(H,22,27)(H,23,26). The lowest BCUT2D eigenvalue weighted by Crippen LogP contribution is -2.25. The molecule has 0 unspecified atom stereocenters. The smallest absolute Gasteiger partial charge is 0.287 e. The number of hydrogen-bond donors (Lipinski definition) is 2. The van der Waals surface area contributed by atoms with Crippen molar-refractivity contribution in [2.45, 2.75) is 19.8 Å². The zero-order chi connectivity index (χ0) is 19.4. The van der Waals surface area contributed by atoms with E-state index in [0.29, 0.717) is 23.7 Å². The highest BCUT2D eigenvalue weighted by Crippen LogP contribution is 2.19. The van der Waals surface area contributed by atoms with E-state index in [4.69, 9.17) is 0 Å². The van der Waals surface area contributed by atoms with Crippen molar-refractivity contribution >= 4 is 23.0 Å². The second-order valence-electron chi connectivity index (χ2n) is 6.47. The van der Waals surface area contributed by atoms with Gasteiger partial charge in [0.05, 0.1) is 5.52 Å². The van der Waals surface area contributed by atoms with Gasteiger partial charge in [-0.15, -0.1) is 6.58 Å². The molecule has 2 amide bonds. The summed E-state index contributed by atoms with van der Waals surface area (Å²) in [7, 11) is 0. The molecule has 0 aliphatic carbocycles. The van der Waals surface area contributed by atoms with Gasteiger partial charge >= 0.3 is 0 Å². The minimum Gasteiger partial charge on any atom is -0.346 e. The molecule has 0 aliphatic rings. The van der Waals surface area contributed by atoms with Crippen LogP contribution in [-0.2, 0) is 0 Å². The van der Waals surface area contributed by atoms with Gasteiger partial charge in [-0.1, -0.05) is 38.1 Å². The molecule has 138 valence electrons. The number of aromatic nitrogens is 2. The van der Waals surface area contributed by atoms with Crippen molar-refractivity contribution in [2.75, 3.05) is 11.9 Å². The first-order valence-electron chi connectivity index (χ1n) is 8.78. The van der Waals surface area contributed by atoms with Gasteiger partial charge in [0.1, 0.15) is 0 Å². The van der Waals surface area contributed by atoms with Crippen LogP contribution in [0.3, 0.4) is 0 Å². The van der Waals surface area contributed by atoms with E-state index in [2.05, 4.69) is 36.0 Å². The zero-order valence-electron chi connectivity index (χ0n) is 15.4. The van der Waals surface area contributed by atoms with Gasteiger partial charge in [0.25, 0.3) is 11.8 Å². The Balaban J connectivity index is 1.90. The first-order valence-corrected chi connectivity index (χ1v) is 8.78. The first-order chi connectivity index (χ1) is 13.0. The van der Waals surface area contributed by atoms with E-state index in [-0.39, 0.29) is 23.3 Å². The summed E-state index contributed by atoms with van der Waals surface area (Å²) in [4.78, 5) is 29.4. The summed E-state index contributed by atoms with van der Waals surface area (Å²) in [6.45, 7) is 8.13. The number of pyridine rings is 1. The fraction of sp³-hybridized carbons (Fsp3) is 0.190. The molecule has 0 aliphatic heterocycles. The second-order valence-corrected chi connectivity index (χ2v) is 6.47. The lowest BCUT2D eigenvalue weighted by molar-refractivity contribution is 0.0947. The predicted molar refractivity (Wildman–Crippen MR) is 106 cm³/mol. The summed E-state index contributed by atoms with van der Waals surface area (Å²) in [6.07, 6.45) is 3.29. The molecule has 3 rings (SSSR count). The maximum absolute atomic E-state index is 12.8. The van der Waals surface area contributed by atoms with E-state index in [1.54, 1.807) is 34.9 Å². The SMILES string of the molecule is C=CCNC(=O)c1nc(C(=O)Nc2ccc(C(C)C)cc2)c2ccccn12. The maximum atomic E-state index is 12.8. The fourth-order valence-electron chi connectivity index (χ4n) is 2.75. The van der Waals surface area contributed by atoms with Gasteiger partial charge in [0.15, 0.2) is 5.69 Å². The molecule has 6 nitrogen and oxygen atoms in total. The van der Waals surface area contributed by atoms with Crippen molar-refractivity contribution in [3.63, 3.8) is 0 Å². The Bertz CT molecular complexity index is 987. The Kier molecular flexibility index (Phi) is 5.35. The molecule has 2 heterocycles. The van der Waals surface area contributed by atoms with Gasteiger partial charge in [-0.25, -0.2) is 4.98 Å². The van der Waals surface area contributed by atoms with Gasteiger partial charge in [0.2, 0.25) is 5.82 Å². The van der Waals surface area contributed by atoms with Crippen LogP contribution >= 0.6 is 0 Å². The molecule has 3 aromatic rings. The normalized spacial score (nSPS) is 10.8. The molecule has 2 aromatic heterocycles. The Labute approximate surface area is 157 Å². The average molecular weight is 362 g/mol. The number of nitrogens with zero attached hydrogens (tertiary/aromatic N) is 2. The first kappa shape index (κ1) is 18.4. The van der Waals surface area contributed by atoms with Crippen LogP contribution in [0.4, 0.5) is 5.69 Å². The summed E-state index contributed by atoms with van der Waals surface area (Å²) < 4.78 is 1.61. The maximum Gasteiger partial charge on any atom is 0.287 e. The highest BCUT2D eigenvalue weighted by atomic mass is 16.2. The molecule has 0 bridgehead atoms. The summed E-state index contributed by atoms with van der Waals surface area (Å²) in [5.74, 6) is -0.147. The fourth-order valence-corrected chi connectivity index (χ4v) is 2.75. The quantitative estimate of drug-likeness (QED) is 0.658. The van der Waals surface area contributed by atoms with Crippen LogP contribution in [0.2, 0.25) is 0 Å². The molecule has 27 heavy (non-hydrogen) atoms. The minimum absolute atomic E-state index is 0.160. The highest BCUT2D eigenvalue weighted by molar-refractivity contribution is 6.08. The van der Waals surface area contributed by atoms with Gasteiger partial charge in [-0.2, -0.15) is 0 Å². The van der Waals surface area contributed by atoms with Crippen LogP contribution in [0.25, 0.3) is 5.52 Å². The molecule has 0 atom stereocenters. The number of rotatable bonds is 6. The lowest BCUT2D eigenvalue weighted by Gasteiger charge is -2.07. The van der Waals surface area contributed by atoms with Gasteiger partial charge in [0, 0.05) is 18.4 Å². The number of carbonyl (C=O) groups is 2. The van der Waals surface area contributed by atoms with Crippen molar-refractivity contribution in [2.24, 2.45) is 0 Å². The molecule has 1 aromatic carbocycles. The third-order valence-electron chi connectivity index (χ3n) is 4.21. The largest absolute Gasteiger partial charge is 0.346 e. The Morgan fingerprint density at radius 1 is 1.15 bits per heavy atom. The predicted octanol–water partition coefficient (Wildman–Crippen LogP) is 3.63. The second kappa shape index (κ2) is 7.86. The molecule has 0 fully saturated rings. The monoisotopic (exact) mass is 362 g/mol. The summed E-state index contributed by atoms with van der Waals surface area (Å²) in [5, 5.41) is 5.54. The zero-order valence-corrected chi connectivity index (χ0v) is 15.4. The number of hydrogen-bond acceptors (Lipinski definition) is 3. The molecule has 0 spiro atoms. The van der Waals surface area contributed by atoms with E-state index in [9.17, 15) is 9.59 Å². The van der Waals surface area contributed by atoms with Gasteiger partial charge < -0.3 is 10.6 Å². The van der Waals surface area contributed by atoms with Crippen LogP contribution in [0.1, 0.15) is 46.4 Å². The van der Waals surface area contributed by atoms with Crippen molar-refractivity contribution in [1.82, 2.24) is 14.7 Å². The van der Waals surface area contributed by atoms with Gasteiger partial charge in [-0.3, -0.25) is 14.0 Å². The minimum atomic E-state index is -0.364. The van der Waals surface area contributed by atoms with Crippen molar-refractivity contribution in [3.8, 4) is 0 Å². The third-order valence-corrected chi connectivity index (χ3v) is 4.21. The number of benzene rings is 1. The number of anilines is 1. The van der Waals surface area contributed by atoms with Crippen LogP contribution in [-0.4, -0.2) is 27.7 Å². The summed E-state index contributed by atoms with van der Waals surface area (Å²) in [6, 6.07) is 13.0. The summed E-state index contributed by atoms with van der Waals surface area (Å²) >= 11 is 0. The number of imidazole rings is 1. The lowest BCUT2D eigenvalue weighted by atomic mass is 10.0. The molecule has 0 saturated carbocycles. The third kappa shape index (κ3) is 3.89. The van der Waals surface area contributed by atoms with Gasteiger partial charge in [-0.05, 0) is 35.7 Å². The molecular formula is C21H22N4O2. The molecular weight excluding hydrogens is 340 g/mol. The Morgan fingerprint density at radius 3 is 2.56 bits per heavy atom. The van der Waals surface area contributed by atoms with Crippen LogP contribution in [0.5, 0.6) is 0 Å². The average Bonchev–Trinajstić information content (AvgIpc) is 3.06. The number of carbonyl (C=O) groups excluding carboxylic acids is 2. The molecule has 2 N–H and O–H groups in total. The Hall–Kier alpha value is -3.41. The van der Waals surface area contributed by atoms with E-state index in [1.165, 1.54) is 5.56 Å². The molecule has 0 radical (unpaired) electrons. The molecule has 0 saturated heterocycles. The van der Waals surface area contributed by atoms with Crippen molar-refractivity contribution < 1.29 is 9.59 Å². The Morgan fingerprint density at radius 2 is 1.89 bits per heavy atom. The number of amides is 2. The topological polar surface area (TPSA) is 75.5 Å². The highest BCUT2D eigenvalue weighted by Gasteiger charge is 2.21. The van der Waals surface area contributed by atoms with Crippen LogP contribution in [0.15, 0.2) is 61.3 Å². The van der Waals surface area contributed by atoms with Crippen molar-refractivity contribution in [1.29, 1.82) is 0 Å².